The molecule has 3 amide bonds. The Kier molecular flexibility index (Phi) is 7.43. The maximum Gasteiger partial charge on any atom is 0.325 e. The second kappa shape index (κ2) is 10.4. The molecular weight excluding hydrogens is 416 g/mol. The van der Waals surface area contributed by atoms with Crippen molar-refractivity contribution in [2.75, 3.05) is 25.1 Å². The molecule has 0 bridgehead atoms. The lowest BCUT2D eigenvalue weighted by atomic mass is 10.1. The first-order valence-electron chi connectivity index (χ1n) is 10.1. The van der Waals surface area contributed by atoms with Crippen molar-refractivity contribution in [2.24, 2.45) is 0 Å². The van der Waals surface area contributed by atoms with Crippen LogP contribution in [0.5, 0.6) is 11.5 Å². The van der Waals surface area contributed by atoms with Gasteiger partial charge in [-0.1, -0.05) is 17.7 Å². The molecule has 0 saturated carbocycles. The Morgan fingerprint density at radius 3 is 2.44 bits per heavy atom. The highest BCUT2D eigenvalue weighted by Crippen LogP contribution is 2.31. The minimum Gasteiger partial charge on any atom is -0.486 e. The number of carbonyl (C=O) groups excluding carboxylic acids is 4. The first kappa shape index (κ1) is 22.8. The van der Waals surface area contributed by atoms with Crippen molar-refractivity contribution in [1.82, 2.24) is 5.32 Å². The molecule has 1 aliphatic rings. The third-order valence-electron chi connectivity index (χ3n) is 4.67. The summed E-state index contributed by atoms with van der Waals surface area (Å²) in [6.45, 7) is 3.99. The summed E-state index contributed by atoms with van der Waals surface area (Å²) in [6, 6.07) is 9.55. The van der Waals surface area contributed by atoms with Gasteiger partial charge in [0.25, 0.3) is 5.91 Å². The van der Waals surface area contributed by atoms with Crippen LogP contribution in [-0.2, 0) is 14.3 Å². The van der Waals surface area contributed by atoms with Crippen molar-refractivity contribution < 1.29 is 33.4 Å². The van der Waals surface area contributed by atoms with Gasteiger partial charge < -0.3 is 19.5 Å². The average molecular weight is 440 g/mol. The molecule has 9 nitrogen and oxygen atoms in total. The van der Waals surface area contributed by atoms with Crippen molar-refractivity contribution in [3.05, 3.63) is 53.1 Å². The van der Waals surface area contributed by atoms with E-state index >= 15 is 0 Å². The second-order valence-electron chi connectivity index (χ2n) is 7.26. The molecule has 0 radical (unpaired) electrons. The molecule has 2 N–H and O–H groups in total. The normalized spacial score (nSPS) is 11.9. The molecular formula is C23H24N2O7. The van der Waals surface area contributed by atoms with Crippen molar-refractivity contribution in [2.45, 2.75) is 26.7 Å². The van der Waals surface area contributed by atoms with Crippen LogP contribution in [0.1, 0.15) is 34.3 Å². The number of fused-ring (bicyclic) bond motifs is 1. The van der Waals surface area contributed by atoms with E-state index in [0.29, 0.717) is 36.0 Å². The monoisotopic (exact) mass is 440 g/mol. The first-order chi connectivity index (χ1) is 15.3. The second-order valence-corrected chi connectivity index (χ2v) is 7.26. The largest absolute Gasteiger partial charge is 0.486 e. The molecule has 1 heterocycles. The maximum atomic E-state index is 12.3. The Labute approximate surface area is 185 Å². The predicted molar refractivity (Wildman–Crippen MR) is 115 cm³/mol. The molecule has 9 heteroatoms. The number of hydrogen-bond donors (Lipinski definition) is 2. The molecule has 0 unspecified atom stereocenters. The third kappa shape index (κ3) is 6.31. The number of ether oxygens (including phenoxy) is 3. The molecule has 1 aliphatic heterocycles. The quantitative estimate of drug-likeness (QED) is 0.502. The smallest absolute Gasteiger partial charge is 0.325 e. The van der Waals surface area contributed by atoms with Gasteiger partial charge in [-0.2, -0.15) is 0 Å². The van der Waals surface area contributed by atoms with Crippen LogP contribution in [0.25, 0.3) is 0 Å². The van der Waals surface area contributed by atoms with Gasteiger partial charge in [-0.15, -0.1) is 0 Å². The summed E-state index contributed by atoms with van der Waals surface area (Å²) >= 11 is 0. The first-order valence-corrected chi connectivity index (χ1v) is 10.1. The Hall–Kier alpha value is -3.88. The molecule has 2 aromatic rings. The Bertz CT molecular complexity index is 1050. The van der Waals surface area contributed by atoms with Crippen molar-refractivity contribution >= 4 is 29.4 Å². The van der Waals surface area contributed by atoms with E-state index in [0.717, 1.165) is 11.1 Å². The number of aryl methyl sites for hydroxylation is 2. The molecule has 0 atom stereocenters. The molecule has 0 aliphatic carbocycles. The summed E-state index contributed by atoms with van der Waals surface area (Å²) < 4.78 is 15.7. The van der Waals surface area contributed by atoms with Crippen LogP contribution in [0.2, 0.25) is 0 Å². The highest BCUT2D eigenvalue weighted by atomic mass is 16.6. The number of hydrogen-bond acceptors (Lipinski definition) is 7. The van der Waals surface area contributed by atoms with Gasteiger partial charge in [-0.25, -0.2) is 4.79 Å². The van der Waals surface area contributed by atoms with Gasteiger partial charge >= 0.3 is 12.0 Å². The van der Waals surface area contributed by atoms with Gasteiger partial charge in [0.1, 0.15) is 13.2 Å². The van der Waals surface area contributed by atoms with Crippen LogP contribution in [0.3, 0.4) is 0 Å². The number of benzene rings is 2. The zero-order chi connectivity index (χ0) is 23.1. The van der Waals surface area contributed by atoms with E-state index in [1.54, 1.807) is 24.3 Å². The molecule has 0 spiro atoms. The van der Waals surface area contributed by atoms with Crippen LogP contribution < -0.4 is 20.1 Å². The maximum absolute atomic E-state index is 12.3. The SMILES string of the molecule is Cc1ccc(NC(=O)NC(=O)COC(=O)CCC(=O)c2ccc3c(c2)OCCO3)c(C)c1. The van der Waals surface area contributed by atoms with Crippen LogP contribution in [0, 0.1) is 13.8 Å². The molecule has 32 heavy (non-hydrogen) atoms. The van der Waals surface area contributed by atoms with Gasteiger partial charge in [-0.05, 0) is 43.7 Å². The number of nitrogens with one attached hydrogen (secondary N) is 2. The number of carbonyl (C=O) groups is 4. The number of imide groups is 1. The van der Waals surface area contributed by atoms with Crippen LogP contribution in [-0.4, -0.2) is 43.5 Å². The highest BCUT2D eigenvalue weighted by molar-refractivity contribution is 6.02. The van der Waals surface area contributed by atoms with Crippen LogP contribution >= 0.6 is 0 Å². The van der Waals surface area contributed by atoms with E-state index in [2.05, 4.69) is 10.6 Å². The van der Waals surface area contributed by atoms with Gasteiger partial charge in [0, 0.05) is 17.7 Å². The van der Waals surface area contributed by atoms with E-state index in [1.165, 1.54) is 0 Å². The number of Topliss-reactive ketones (excluding diaryl/α,β-unsaturated/α-hetero) is 1. The van der Waals surface area contributed by atoms with Crippen molar-refractivity contribution in [1.29, 1.82) is 0 Å². The van der Waals surface area contributed by atoms with E-state index in [1.807, 2.05) is 26.0 Å². The zero-order valence-electron chi connectivity index (χ0n) is 17.9. The number of ketones is 1. The summed E-state index contributed by atoms with van der Waals surface area (Å²) in [5, 5.41) is 4.65. The van der Waals surface area contributed by atoms with Crippen LogP contribution in [0.4, 0.5) is 10.5 Å². The standard InChI is InChI=1S/C23H24N2O7/c1-14-3-5-17(15(2)11-14)24-23(29)25-21(27)13-32-22(28)8-6-18(26)16-4-7-19-20(12-16)31-10-9-30-19/h3-5,7,11-12H,6,8-10,13H2,1-2H3,(H2,24,25,27,29). The molecule has 0 saturated heterocycles. The predicted octanol–water partition coefficient (Wildman–Crippen LogP) is 2.93. The van der Waals surface area contributed by atoms with Gasteiger partial charge in [0.15, 0.2) is 23.9 Å². The lowest BCUT2D eigenvalue weighted by molar-refractivity contribution is -0.148. The summed E-state index contributed by atoms with van der Waals surface area (Å²) in [5.74, 6) is -0.712. The lowest BCUT2D eigenvalue weighted by Gasteiger charge is -2.18. The third-order valence-corrected chi connectivity index (χ3v) is 4.67. The van der Waals surface area contributed by atoms with Crippen LogP contribution in [0.15, 0.2) is 36.4 Å². The minimum absolute atomic E-state index is 0.0900. The van der Waals surface area contributed by atoms with Crippen molar-refractivity contribution in [3.8, 4) is 11.5 Å². The van der Waals surface area contributed by atoms with Gasteiger partial charge in [0.05, 0.1) is 6.42 Å². The average Bonchev–Trinajstić information content (AvgIpc) is 2.77. The van der Waals surface area contributed by atoms with E-state index < -0.39 is 24.5 Å². The Morgan fingerprint density at radius 1 is 0.938 bits per heavy atom. The lowest BCUT2D eigenvalue weighted by Crippen LogP contribution is -2.37. The molecule has 0 aromatic heterocycles. The Morgan fingerprint density at radius 2 is 1.69 bits per heavy atom. The summed E-state index contributed by atoms with van der Waals surface area (Å²) in [6.07, 6.45) is -0.289. The van der Waals surface area contributed by atoms with Gasteiger partial charge in [-0.3, -0.25) is 19.7 Å². The summed E-state index contributed by atoms with van der Waals surface area (Å²) in [5.41, 5.74) is 2.85. The number of rotatable bonds is 7. The summed E-state index contributed by atoms with van der Waals surface area (Å²) in [7, 11) is 0. The van der Waals surface area contributed by atoms with E-state index in [4.69, 9.17) is 14.2 Å². The zero-order valence-corrected chi connectivity index (χ0v) is 17.9. The number of anilines is 1. The summed E-state index contributed by atoms with van der Waals surface area (Å²) in [4.78, 5) is 47.9. The fourth-order valence-corrected chi connectivity index (χ4v) is 3.07. The molecule has 3 rings (SSSR count). The fourth-order valence-electron chi connectivity index (χ4n) is 3.07. The topological polar surface area (TPSA) is 120 Å². The fraction of sp³-hybridized carbons (Fsp3) is 0.304. The minimum atomic E-state index is -0.779. The van der Waals surface area contributed by atoms with Gasteiger partial charge in [0.2, 0.25) is 0 Å². The Balaban J connectivity index is 1.39. The number of urea groups is 1. The number of esters is 1. The van der Waals surface area contributed by atoms with Crippen molar-refractivity contribution in [3.63, 3.8) is 0 Å². The highest BCUT2D eigenvalue weighted by Gasteiger charge is 2.17. The number of amides is 3. The molecule has 0 fully saturated rings. The van der Waals surface area contributed by atoms with E-state index in [-0.39, 0.29) is 18.6 Å². The van der Waals surface area contributed by atoms with E-state index in [9.17, 15) is 19.2 Å². The molecule has 168 valence electrons. The molecule has 2 aromatic carbocycles.